The Morgan fingerprint density at radius 3 is 2.42 bits per heavy atom. The van der Waals surface area contributed by atoms with Gasteiger partial charge in [0.05, 0.1) is 0 Å². The molecule has 3 rings (SSSR count). The highest BCUT2D eigenvalue weighted by atomic mass is 15.1. The van der Waals surface area contributed by atoms with Crippen molar-refractivity contribution in [2.45, 2.75) is 51.5 Å². The zero-order valence-electron chi connectivity index (χ0n) is 12.1. The molecule has 2 aliphatic rings. The van der Waals surface area contributed by atoms with Gasteiger partial charge in [-0.25, -0.2) is 0 Å². The summed E-state index contributed by atoms with van der Waals surface area (Å²) in [7, 11) is 0. The highest BCUT2D eigenvalue weighted by Crippen LogP contribution is 2.27. The first kappa shape index (κ1) is 12.8. The van der Waals surface area contributed by atoms with Crippen LogP contribution in [0.5, 0.6) is 0 Å². The summed E-state index contributed by atoms with van der Waals surface area (Å²) in [4.78, 5) is 2.49. The van der Waals surface area contributed by atoms with Gasteiger partial charge in [0, 0.05) is 30.5 Å². The molecule has 104 valence electrons. The Hall–Kier alpha value is -1.18. The van der Waals surface area contributed by atoms with Crippen LogP contribution < -0.4 is 10.2 Å². The lowest BCUT2D eigenvalue weighted by Crippen LogP contribution is -2.26. The lowest BCUT2D eigenvalue weighted by Gasteiger charge is -2.28. The lowest BCUT2D eigenvalue weighted by atomic mass is 9.87. The summed E-state index contributed by atoms with van der Waals surface area (Å²) in [5.41, 5.74) is 2.68. The van der Waals surface area contributed by atoms with Crippen molar-refractivity contribution in [3.05, 3.63) is 24.3 Å². The second-order valence-electron chi connectivity index (χ2n) is 6.35. The number of anilines is 2. The molecule has 2 fully saturated rings. The van der Waals surface area contributed by atoms with Crippen LogP contribution in [-0.4, -0.2) is 19.1 Å². The van der Waals surface area contributed by atoms with Gasteiger partial charge in [-0.2, -0.15) is 0 Å². The molecule has 1 saturated heterocycles. The van der Waals surface area contributed by atoms with E-state index in [9.17, 15) is 0 Å². The normalized spacial score (nSPS) is 27.5. The summed E-state index contributed by atoms with van der Waals surface area (Å²) >= 11 is 0. The van der Waals surface area contributed by atoms with Crippen molar-refractivity contribution in [2.75, 3.05) is 23.3 Å². The molecule has 1 heterocycles. The number of benzene rings is 1. The van der Waals surface area contributed by atoms with Gasteiger partial charge in [-0.1, -0.05) is 19.8 Å². The fourth-order valence-electron chi connectivity index (χ4n) is 3.54. The summed E-state index contributed by atoms with van der Waals surface area (Å²) in [6, 6.07) is 9.75. The fraction of sp³-hybridized carbons (Fsp3) is 0.647. The molecule has 1 aliphatic carbocycles. The first-order valence-electron chi connectivity index (χ1n) is 7.93. The highest BCUT2D eigenvalue weighted by Gasteiger charge is 2.18. The van der Waals surface area contributed by atoms with E-state index < -0.39 is 0 Å². The zero-order valence-corrected chi connectivity index (χ0v) is 12.1. The molecule has 0 bridgehead atoms. The molecule has 1 saturated carbocycles. The van der Waals surface area contributed by atoms with Crippen LogP contribution in [0.4, 0.5) is 11.4 Å². The van der Waals surface area contributed by atoms with Crippen LogP contribution in [-0.2, 0) is 0 Å². The molecule has 19 heavy (non-hydrogen) atoms. The third kappa shape index (κ3) is 3.23. The van der Waals surface area contributed by atoms with E-state index in [1.165, 1.54) is 63.0 Å². The Labute approximate surface area is 117 Å². The predicted octanol–water partition coefficient (Wildman–Crippen LogP) is 4.28. The van der Waals surface area contributed by atoms with Gasteiger partial charge in [0.25, 0.3) is 0 Å². The van der Waals surface area contributed by atoms with Crippen molar-refractivity contribution >= 4 is 11.4 Å². The summed E-state index contributed by atoms with van der Waals surface area (Å²) in [5, 5.41) is 3.71. The zero-order chi connectivity index (χ0) is 13.1. The van der Waals surface area contributed by atoms with E-state index in [2.05, 4.69) is 41.4 Å². The third-order valence-electron chi connectivity index (χ3n) is 4.65. The number of nitrogens with one attached hydrogen (secondary N) is 1. The monoisotopic (exact) mass is 258 g/mol. The minimum atomic E-state index is 0.682. The molecule has 1 aromatic rings. The largest absolute Gasteiger partial charge is 0.382 e. The maximum absolute atomic E-state index is 3.71. The first-order chi connectivity index (χ1) is 9.31. The second-order valence-corrected chi connectivity index (χ2v) is 6.35. The van der Waals surface area contributed by atoms with Crippen molar-refractivity contribution in [3.8, 4) is 0 Å². The standard InChI is InChI=1S/C17H26N2/c1-14-5-4-6-16(13-14)18-15-7-9-17(10-8-15)19-11-2-3-12-19/h7-10,14,16,18H,2-6,11-13H2,1H3. The fourth-order valence-corrected chi connectivity index (χ4v) is 3.54. The average molecular weight is 258 g/mol. The van der Waals surface area contributed by atoms with Crippen LogP contribution >= 0.6 is 0 Å². The smallest absolute Gasteiger partial charge is 0.0367 e. The van der Waals surface area contributed by atoms with Crippen molar-refractivity contribution in [2.24, 2.45) is 5.92 Å². The van der Waals surface area contributed by atoms with Crippen LogP contribution in [0, 0.1) is 5.92 Å². The molecular weight excluding hydrogens is 232 g/mol. The number of rotatable bonds is 3. The molecule has 2 atom stereocenters. The summed E-state index contributed by atoms with van der Waals surface area (Å²) in [6.07, 6.45) is 8.14. The van der Waals surface area contributed by atoms with Gasteiger partial charge in [0.1, 0.15) is 0 Å². The van der Waals surface area contributed by atoms with Crippen LogP contribution in [0.15, 0.2) is 24.3 Å². The molecule has 0 aromatic heterocycles. The van der Waals surface area contributed by atoms with E-state index in [0.29, 0.717) is 6.04 Å². The SMILES string of the molecule is CC1CCCC(Nc2ccc(N3CCCC3)cc2)C1. The lowest BCUT2D eigenvalue weighted by molar-refractivity contribution is 0.358. The Bertz CT molecular complexity index is 392. The molecular formula is C17H26N2. The first-order valence-corrected chi connectivity index (χ1v) is 7.93. The Morgan fingerprint density at radius 1 is 1.00 bits per heavy atom. The van der Waals surface area contributed by atoms with Gasteiger partial charge in [0.15, 0.2) is 0 Å². The van der Waals surface area contributed by atoms with Crippen LogP contribution in [0.2, 0.25) is 0 Å². The molecule has 0 spiro atoms. The van der Waals surface area contributed by atoms with E-state index in [1.807, 2.05) is 0 Å². The van der Waals surface area contributed by atoms with Crippen molar-refractivity contribution < 1.29 is 0 Å². The van der Waals surface area contributed by atoms with Gasteiger partial charge < -0.3 is 10.2 Å². The molecule has 1 aliphatic heterocycles. The van der Waals surface area contributed by atoms with E-state index in [4.69, 9.17) is 0 Å². The average Bonchev–Trinajstić information content (AvgIpc) is 2.94. The Kier molecular flexibility index (Phi) is 3.95. The van der Waals surface area contributed by atoms with Gasteiger partial charge in [0.2, 0.25) is 0 Å². The van der Waals surface area contributed by atoms with Gasteiger partial charge in [-0.15, -0.1) is 0 Å². The summed E-state index contributed by atoms with van der Waals surface area (Å²) in [5.74, 6) is 0.884. The predicted molar refractivity (Wildman–Crippen MR) is 82.9 cm³/mol. The molecule has 2 unspecified atom stereocenters. The molecule has 1 aromatic carbocycles. The molecule has 0 radical (unpaired) electrons. The number of hydrogen-bond donors (Lipinski definition) is 1. The molecule has 1 N–H and O–H groups in total. The number of nitrogens with zero attached hydrogens (tertiary/aromatic N) is 1. The van der Waals surface area contributed by atoms with Crippen LogP contribution in [0.1, 0.15) is 45.4 Å². The molecule has 0 amide bonds. The number of hydrogen-bond acceptors (Lipinski definition) is 2. The summed E-state index contributed by atoms with van der Waals surface area (Å²) in [6.45, 7) is 4.84. The van der Waals surface area contributed by atoms with Crippen molar-refractivity contribution in [1.82, 2.24) is 0 Å². The maximum Gasteiger partial charge on any atom is 0.0367 e. The van der Waals surface area contributed by atoms with E-state index in [0.717, 1.165) is 5.92 Å². The highest BCUT2D eigenvalue weighted by molar-refractivity contribution is 5.55. The third-order valence-corrected chi connectivity index (χ3v) is 4.65. The maximum atomic E-state index is 3.71. The van der Waals surface area contributed by atoms with Crippen molar-refractivity contribution in [1.29, 1.82) is 0 Å². The Balaban J connectivity index is 1.59. The van der Waals surface area contributed by atoms with Gasteiger partial charge in [-0.05, 0) is 55.9 Å². The summed E-state index contributed by atoms with van der Waals surface area (Å²) < 4.78 is 0. The topological polar surface area (TPSA) is 15.3 Å². The quantitative estimate of drug-likeness (QED) is 0.870. The van der Waals surface area contributed by atoms with E-state index in [-0.39, 0.29) is 0 Å². The van der Waals surface area contributed by atoms with Crippen LogP contribution in [0.3, 0.4) is 0 Å². The van der Waals surface area contributed by atoms with Gasteiger partial charge >= 0.3 is 0 Å². The van der Waals surface area contributed by atoms with E-state index >= 15 is 0 Å². The molecule has 2 nitrogen and oxygen atoms in total. The minimum Gasteiger partial charge on any atom is -0.382 e. The Morgan fingerprint density at radius 2 is 1.74 bits per heavy atom. The van der Waals surface area contributed by atoms with E-state index in [1.54, 1.807) is 0 Å². The second kappa shape index (κ2) is 5.85. The van der Waals surface area contributed by atoms with Crippen LogP contribution in [0.25, 0.3) is 0 Å². The van der Waals surface area contributed by atoms with Gasteiger partial charge in [-0.3, -0.25) is 0 Å². The molecule has 2 heteroatoms. The minimum absolute atomic E-state index is 0.682. The van der Waals surface area contributed by atoms with Crippen molar-refractivity contribution in [3.63, 3.8) is 0 Å².